The Balaban J connectivity index is 1.42. The lowest BCUT2D eigenvalue weighted by molar-refractivity contribution is 1.07. The van der Waals surface area contributed by atoms with Crippen LogP contribution in [-0.4, -0.2) is 15.0 Å². The molecule has 0 fully saturated rings. The predicted molar refractivity (Wildman–Crippen MR) is 157 cm³/mol. The van der Waals surface area contributed by atoms with Crippen molar-refractivity contribution in [3.8, 4) is 56.4 Å². The van der Waals surface area contributed by atoms with Gasteiger partial charge in [-0.1, -0.05) is 146 Å². The summed E-state index contributed by atoms with van der Waals surface area (Å²) in [6.07, 6.45) is 1.83. The second kappa shape index (κ2) is 10.5. The Labute approximate surface area is 222 Å². The molecule has 1 heterocycles. The highest BCUT2D eigenvalue weighted by Gasteiger charge is 2.13. The quantitative estimate of drug-likeness (QED) is 0.235. The molecule has 180 valence electrons. The van der Waals surface area contributed by atoms with Crippen LogP contribution in [-0.2, 0) is 0 Å². The van der Waals surface area contributed by atoms with Crippen molar-refractivity contribution in [1.29, 1.82) is 0 Å². The first-order valence-corrected chi connectivity index (χ1v) is 12.6. The zero-order chi connectivity index (χ0) is 25.7. The van der Waals surface area contributed by atoms with Gasteiger partial charge in [0.05, 0.1) is 0 Å². The van der Waals surface area contributed by atoms with Gasteiger partial charge < -0.3 is 0 Å². The summed E-state index contributed by atoms with van der Waals surface area (Å²) in [7, 11) is 0. The zero-order valence-electron chi connectivity index (χ0n) is 20.8. The average molecular weight is 488 g/mol. The molecule has 6 rings (SSSR count). The number of aromatic nitrogens is 3. The highest BCUT2D eigenvalue weighted by molar-refractivity contribution is 5.72. The number of nitrogens with zero attached hydrogens (tertiary/aromatic N) is 3. The fraction of sp³-hybridized carbons (Fsp3) is 0. The molecule has 5 aromatic carbocycles. The second-order valence-corrected chi connectivity index (χ2v) is 9.02. The largest absolute Gasteiger partial charge is 0.208 e. The highest BCUT2D eigenvalue weighted by Crippen LogP contribution is 2.28. The van der Waals surface area contributed by atoms with E-state index in [1.807, 2.05) is 42.5 Å². The Morgan fingerprint density at radius 2 is 0.632 bits per heavy atom. The van der Waals surface area contributed by atoms with Gasteiger partial charge >= 0.3 is 0 Å². The molecule has 1 aromatic heterocycles. The third-order valence-electron chi connectivity index (χ3n) is 6.54. The van der Waals surface area contributed by atoms with E-state index < -0.39 is 0 Å². The zero-order valence-corrected chi connectivity index (χ0v) is 20.8. The smallest absolute Gasteiger partial charge is 0.164 e. The maximum Gasteiger partial charge on any atom is 0.164 e. The molecule has 0 saturated heterocycles. The first-order chi connectivity index (χ1) is 18.8. The highest BCUT2D eigenvalue weighted by atomic mass is 15.0. The van der Waals surface area contributed by atoms with Crippen LogP contribution in [0.25, 0.3) is 62.5 Å². The van der Waals surface area contributed by atoms with Crippen LogP contribution >= 0.6 is 0 Å². The summed E-state index contributed by atoms with van der Waals surface area (Å²) in [5.41, 5.74) is 8.53. The fourth-order valence-electron chi connectivity index (χ4n) is 4.42. The van der Waals surface area contributed by atoms with Gasteiger partial charge in [0.25, 0.3) is 0 Å². The molecular formula is C35H25N3. The molecule has 0 aliphatic heterocycles. The van der Waals surface area contributed by atoms with Crippen molar-refractivity contribution in [2.75, 3.05) is 0 Å². The standard InChI is InChI=1S/C35H25N3/c1-2-25-13-15-30(16-14-25)33-36-34(31-21-17-28(18-22-31)26-9-5-3-6-10-26)38-35(37-33)32-23-19-29(20-24-32)27-11-7-4-8-12-27/h2-24H,1H2. The summed E-state index contributed by atoms with van der Waals surface area (Å²) in [6.45, 7) is 3.86. The van der Waals surface area contributed by atoms with Crippen LogP contribution in [0.3, 0.4) is 0 Å². The van der Waals surface area contributed by atoms with Gasteiger partial charge in [0, 0.05) is 16.7 Å². The van der Waals surface area contributed by atoms with Crippen molar-refractivity contribution >= 4 is 6.08 Å². The van der Waals surface area contributed by atoms with Crippen LogP contribution in [0.5, 0.6) is 0 Å². The van der Waals surface area contributed by atoms with Gasteiger partial charge in [-0.3, -0.25) is 0 Å². The second-order valence-electron chi connectivity index (χ2n) is 9.02. The lowest BCUT2D eigenvalue weighted by Gasteiger charge is -2.10. The number of hydrogen-bond acceptors (Lipinski definition) is 3. The van der Waals surface area contributed by atoms with E-state index in [-0.39, 0.29) is 0 Å². The first kappa shape index (κ1) is 23.3. The third kappa shape index (κ3) is 4.91. The van der Waals surface area contributed by atoms with Gasteiger partial charge in [0.1, 0.15) is 0 Å². The van der Waals surface area contributed by atoms with E-state index in [1.54, 1.807) is 0 Å². The topological polar surface area (TPSA) is 38.7 Å². The first-order valence-electron chi connectivity index (χ1n) is 12.6. The summed E-state index contributed by atoms with van der Waals surface area (Å²) in [5, 5.41) is 0. The number of benzene rings is 5. The van der Waals surface area contributed by atoms with E-state index in [0.29, 0.717) is 17.5 Å². The van der Waals surface area contributed by atoms with Gasteiger partial charge in [-0.2, -0.15) is 0 Å². The lowest BCUT2D eigenvalue weighted by Crippen LogP contribution is -2.00. The lowest BCUT2D eigenvalue weighted by atomic mass is 10.0. The van der Waals surface area contributed by atoms with E-state index >= 15 is 0 Å². The molecular weight excluding hydrogens is 462 g/mol. The average Bonchev–Trinajstić information content (AvgIpc) is 3.02. The molecule has 0 unspecified atom stereocenters. The maximum atomic E-state index is 4.90. The molecule has 0 N–H and O–H groups in total. The Kier molecular flexibility index (Phi) is 6.40. The van der Waals surface area contributed by atoms with Gasteiger partial charge in [0.15, 0.2) is 17.5 Å². The maximum absolute atomic E-state index is 4.90. The monoisotopic (exact) mass is 487 g/mol. The minimum absolute atomic E-state index is 0.639. The number of hydrogen-bond donors (Lipinski definition) is 0. The van der Waals surface area contributed by atoms with Gasteiger partial charge in [-0.25, -0.2) is 15.0 Å². The number of rotatable bonds is 6. The normalized spacial score (nSPS) is 10.7. The molecule has 6 aromatic rings. The van der Waals surface area contributed by atoms with Gasteiger partial charge in [-0.05, 0) is 27.8 Å². The predicted octanol–water partition coefficient (Wildman–Crippen LogP) is 8.85. The van der Waals surface area contributed by atoms with Crippen LogP contribution in [0, 0.1) is 0 Å². The summed E-state index contributed by atoms with van der Waals surface area (Å²) in [6, 6.07) is 45.5. The van der Waals surface area contributed by atoms with Crippen LogP contribution in [0.2, 0.25) is 0 Å². The van der Waals surface area contributed by atoms with Crippen molar-refractivity contribution in [1.82, 2.24) is 15.0 Å². The minimum atomic E-state index is 0.639. The molecule has 0 bridgehead atoms. The molecule has 0 aliphatic rings. The fourth-order valence-corrected chi connectivity index (χ4v) is 4.42. The minimum Gasteiger partial charge on any atom is -0.208 e. The van der Waals surface area contributed by atoms with E-state index in [1.165, 1.54) is 11.1 Å². The van der Waals surface area contributed by atoms with Gasteiger partial charge in [-0.15, -0.1) is 0 Å². The summed E-state index contributed by atoms with van der Waals surface area (Å²) < 4.78 is 0. The van der Waals surface area contributed by atoms with E-state index in [0.717, 1.165) is 33.4 Å². The molecule has 38 heavy (non-hydrogen) atoms. The molecule has 0 saturated carbocycles. The van der Waals surface area contributed by atoms with Crippen LogP contribution in [0.4, 0.5) is 0 Å². The molecule has 0 atom stereocenters. The molecule has 0 spiro atoms. The molecule has 3 heteroatoms. The summed E-state index contributed by atoms with van der Waals surface area (Å²) >= 11 is 0. The van der Waals surface area contributed by atoms with Crippen molar-refractivity contribution in [3.05, 3.63) is 146 Å². The van der Waals surface area contributed by atoms with Crippen molar-refractivity contribution in [3.63, 3.8) is 0 Å². The molecule has 0 radical (unpaired) electrons. The Bertz CT molecular complexity index is 1570. The Hall–Kier alpha value is -5.15. The Morgan fingerprint density at radius 1 is 0.342 bits per heavy atom. The molecule has 0 amide bonds. The van der Waals surface area contributed by atoms with E-state index in [4.69, 9.17) is 15.0 Å². The van der Waals surface area contributed by atoms with Crippen molar-refractivity contribution in [2.45, 2.75) is 0 Å². The molecule has 3 nitrogen and oxygen atoms in total. The van der Waals surface area contributed by atoms with E-state index in [2.05, 4.69) is 104 Å². The van der Waals surface area contributed by atoms with Crippen LogP contribution < -0.4 is 0 Å². The van der Waals surface area contributed by atoms with Gasteiger partial charge in [0.2, 0.25) is 0 Å². The summed E-state index contributed by atoms with van der Waals surface area (Å²) in [5.74, 6) is 1.92. The van der Waals surface area contributed by atoms with Crippen molar-refractivity contribution < 1.29 is 0 Å². The SMILES string of the molecule is C=Cc1ccc(-c2nc(-c3ccc(-c4ccccc4)cc3)nc(-c3ccc(-c4ccccc4)cc3)n2)cc1. The molecule has 0 aliphatic carbocycles. The van der Waals surface area contributed by atoms with E-state index in [9.17, 15) is 0 Å². The van der Waals surface area contributed by atoms with Crippen LogP contribution in [0.15, 0.2) is 140 Å². The van der Waals surface area contributed by atoms with Crippen molar-refractivity contribution in [2.24, 2.45) is 0 Å². The third-order valence-corrected chi connectivity index (χ3v) is 6.54. The summed E-state index contributed by atoms with van der Waals surface area (Å²) in [4.78, 5) is 14.6. The van der Waals surface area contributed by atoms with Crippen LogP contribution in [0.1, 0.15) is 5.56 Å². The Morgan fingerprint density at radius 3 is 0.974 bits per heavy atom.